The van der Waals surface area contributed by atoms with Crippen LogP contribution in [0.5, 0.6) is 5.75 Å². The van der Waals surface area contributed by atoms with Gasteiger partial charge in [-0.25, -0.2) is 4.79 Å². The maximum absolute atomic E-state index is 10.9. The zero-order valence-corrected chi connectivity index (χ0v) is 11.6. The molecule has 2 rings (SSSR count). The number of hydrogen-bond donors (Lipinski definition) is 2. The van der Waals surface area contributed by atoms with Crippen LogP contribution < -0.4 is 10.1 Å². The van der Waals surface area contributed by atoms with Crippen molar-refractivity contribution in [1.82, 2.24) is 0 Å². The number of ether oxygens (including phenoxy) is 1. The maximum Gasteiger partial charge on any atom is 0.335 e. The predicted molar refractivity (Wildman–Crippen MR) is 78.7 cm³/mol. The molecule has 0 saturated heterocycles. The van der Waals surface area contributed by atoms with Gasteiger partial charge >= 0.3 is 5.97 Å². The molecule has 0 aliphatic rings. The molecule has 0 radical (unpaired) electrons. The summed E-state index contributed by atoms with van der Waals surface area (Å²) in [7, 11) is 1.60. The van der Waals surface area contributed by atoms with Gasteiger partial charge in [-0.05, 0) is 36.4 Å². The van der Waals surface area contributed by atoms with Crippen molar-refractivity contribution < 1.29 is 14.6 Å². The number of carboxylic acid groups (broad SMARTS) is 1. The van der Waals surface area contributed by atoms with Crippen LogP contribution in [0.4, 0.5) is 5.69 Å². The zero-order valence-electron chi connectivity index (χ0n) is 10.9. The van der Waals surface area contributed by atoms with E-state index in [-0.39, 0.29) is 5.56 Å². The summed E-state index contributed by atoms with van der Waals surface area (Å²) < 4.78 is 5.26. The van der Waals surface area contributed by atoms with Crippen LogP contribution in [0.1, 0.15) is 15.9 Å². The van der Waals surface area contributed by atoms with Gasteiger partial charge in [0.1, 0.15) is 5.75 Å². The molecule has 2 aromatic rings. The third-order valence-electron chi connectivity index (χ3n) is 2.83. The van der Waals surface area contributed by atoms with Crippen LogP contribution in [0.3, 0.4) is 0 Å². The molecule has 0 aliphatic carbocycles. The average Bonchev–Trinajstić information content (AvgIpc) is 2.45. The Morgan fingerprint density at radius 3 is 2.80 bits per heavy atom. The molecular formula is C15H14ClNO3. The molecule has 0 aromatic heterocycles. The number of aromatic carboxylic acids is 1. The predicted octanol–water partition coefficient (Wildman–Crippen LogP) is 3.66. The first-order chi connectivity index (χ1) is 9.60. The van der Waals surface area contributed by atoms with Crippen LogP contribution in [-0.2, 0) is 6.54 Å². The van der Waals surface area contributed by atoms with Gasteiger partial charge in [-0.3, -0.25) is 0 Å². The maximum atomic E-state index is 10.9. The van der Waals surface area contributed by atoms with Crippen molar-refractivity contribution in [1.29, 1.82) is 0 Å². The molecule has 4 nitrogen and oxygen atoms in total. The highest BCUT2D eigenvalue weighted by Gasteiger charge is 2.06. The third-order valence-corrected chi connectivity index (χ3v) is 3.07. The van der Waals surface area contributed by atoms with Crippen LogP contribution in [0.25, 0.3) is 0 Å². The van der Waals surface area contributed by atoms with E-state index in [0.717, 1.165) is 17.0 Å². The second-order valence-corrected chi connectivity index (χ2v) is 4.63. The molecule has 0 heterocycles. The lowest BCUT2D eigenvalue weighted by atomic mass is 10.1. The number of nitrogens with one attached hydrogen (secondary N) is 1. The molecular weight excluding hydrogens is 278 g/mol. The lowest BCUT2D eigenvalue weighted by Gasteiger charge is -2.11. The zero-order chi connectivity index (χ0) is 14.5. The van der Waals surface area contributed by atoms with Gasteiger partial charge in [0.05, 0.1) is 12.7 Å². The summed E-state index contributed by atoms with van der Waals surface area (Å²) in [4.78, 5) is 10.9. The fourth-order valence-corrected chi connectivity index (χ4v) is 2.04. The summed E-state index contributed by atoms with van der Waals surface area (Å²) in [5.41, 5.74) is 1.88. The van der Waals surface area contributed by atoms with E-state index < -0.39 is 5.97 Å². The first-order valence-corrected chi connectivity index (χ1v) is 6.37. The molecule has 104 valence electrons. The first-order valence-electron chi connectivity index (χ1n) is 6.00. The second kappa shape index (κ2) is 6.30. The molecule has 0 bridgehead atoms. The first kappa shape index (κ1) is 14.2. The van der Waals surface area contributed by atoms with Crippen molar-refractivity contribution in [2.45, 2.75) is 6.54 Å². The highest BCUT2D eigenvalue weighted by molar-refractivity contribution is 6.30. The highest BCUT2D eigenvalue weighted by Crippen LogP contribution is 2.23. The summed E-state index contributed by atoms with van der Waals surface area (Å²) in [5.74, 6) is -0.217. The molecule has 0 fully saturated rings. The van der Waals surface area contributed by atoms with Crippen molar-refractivity contribution in [3.63, 3.8) is 0 Å². The molecule has 2 N–H and O–H groups in total. The molecule has 0 saturated carbocycles. The molecule has 0 aliphatic heterocycles. The van der Waals surface area contributed by atoms with Crippen molar-refractivity contribution in [2.24, 2.45) is 0 Å². The van der Waals surface area contributed by atoms with Gasteiger partial charge < -0.3 is 15.2 Å². The fraction of sp³-hybridized carbons (Fsp3) is 0.133. The highest BCUT2D eigenvalue weighted by atomic mass is 35.5. The number of carbonyl (C=O) groups is 1. The van der Waals surface area contributed by atoms with Crippen LogP contribution >= 0.6 is 11.6 Å². The Hall–Kier alpha value is -2.20. The number of hydrogen-bond acceptors (Lipinski definition) is 3. The lowest BCUT2D eigenvalue weighted by molar-refractivity contribution is 0.0697. The molecule has 5 heteroatoms. The smallest absolute Gasteiger partial charge is 0.335 e. The van der Waals surface area contributed by atoms with Crippen LogP contribution in [-0.4, -0.2) is 18.2 Å². The van der Waals surface area contributed by atoms with E-state index in [1.807, 2.05) is 12.1 Å². The van der Waals surface area contributed by atoms with Crippen LogP contribution in [0, 0.1) is 0 Å². The van der Waals surface area contributed by atoms with E-state index >= 15 is 0 Å². The van der Waals surface area contributed by atoms with Gasteiger partial charge in [0, 0.05) is 22.8 Å². The Bertz CT molecular complexity index is 628. The largest absolute Gasteiger partial charge is 0.496 e. The number of methoxy groups -OCH3 is 1. The van der Waals surface area contributed by atoms with E-state index in [1.54, 1.807) is 37.4 Å². The summed E-state index contributed by atoms with van der Waals surface area (Å²) in [5, 5.41) is 12.7. The Morgan fingerprint density at radius 1 is 1.30 bits per heavy atom. The molecule has 20 heavy (non-hydrogen) atoms. The average molecular weight is 292 g/mol. The number of benzene rings is 2. The Balaban J connectivity index is 2.14. The van der Waals surface area contributed by atoms with Gasteiger partial charge in [-0.1, -0.05) is 17.7 Å². The summed E-state index contributed by atoms with van der Waals surface area (Å²) in [6.07, 6.45) is 0. The van der Waals surface area contributed by atoms with Crippen molar-refractivity contribution in [2.75, 3.05) is 12.4 Å². The summed E-state index contributed by atoms with van der Waals surface area (Å²) in [6, 6.07) is 12.0. The lowest BCUT2D eigenvalue weighted by Crippen LogP contribution is -2.03. The molecule has 0 amide bonds. The quantitative estimate of drug-likeness (QED) is 0.882. The third kappa shape index (κ3) is 3.42. The van der Waals surface area contributed by atoms with E-state index in [9.17, 15) is 4.79 Å². The van der Waals surface area contributed by atoms with Crippen molar-refractivity contribution in [3.05, 3.63) is 58.6 Å². The topological polar surface area (TPSA) is 58.6 Å². The standard InChI is InChI=1S/C15H14ClNO3/c1-20-14-6-5-12(16)7-11(14)9-17-13-4-2-3-10(8-13)15(18)19/h2-8,17H,9H2,1H3,(H,18,19). The van der Waals surface area contributed by atoms with Crippen LogP contribution in [0.2, 0.25) is 5.02 Å². The minimum Gasteiger partial charge on any atom is -0.496 e. The molecule has 0 atom stereocenters. The summed E-state index contributed by atoms with van der Waals surface area (Å²) >= 11 is 5.96. The Labute approximate surface area is 122 Å². The monoisotopic (exact) mass is 291 g/mol. The van der Waals surface area contributed by atoms with Crippen molar-refractivity contribution in [3.8, 4) is 5.75 Å². The number of carboxylic acids is 1. The Kier molecular flexibility index (Phi) is 4.48. The number of rotatable bonds is 5. The SMILES string of the molecule is COc1ccc(Cl)cc1CNc1cccc(C(=O)O)c1. The normalized spacial score (nSPS) is 10.1. The van der Waals surface area contributed by atoms with Gasteiger partial charge in [0.2, 0.25) is 0 Å². The number of anilines is 1. The van der Waals surface area contributed by atoms with E-state index in [2.05, 4.69) is 5.32 Å². The minimum absolute atomic E-state index is 0.244. The van der Waals surface area contributed by atoms with Gasteiger partial charge in [0.25, 0.3) is 0 Å². The van der Waals surface area contributed by atoms with E-state index in [0.29, 0.717) is 11.6 Å². The number of halogens is 1. The summed E-state index contributed by atoms with van der Waals surface area (Å²) in [6.45, 7) is 0.493. The van der Waals surface area contributed by atoms with Crippen LogP contribution in [0.15, 0.2) is 42.5 Å². The fourth-order valence-electron chi connectivity index (χ4n) is 1.84. The minimum atomic E-state index is -0.950. The molecule has 0 unspecified atom stereocenters. The molecule has 0 spiro atoms. The van der Waals surface area contributed by atoms with Gasteiger partial charge in [-0.15, -0.1) is 0 Å². The van der Waals surface area contributed by atoms with Crippen molar-refractivity contribution >= 4 is 23.3 Å². The second-order valence-electron chi connectivity index (χ2n) is 4.20. The van der Waals surface area contributed by atoms with Gasteiger partial charge in [-0.2, -0.15) is 0 Å². The van der Waals surface area contributed by atoms with E-state index in [4.69, 9.17) is 21.4 Å². The van der Waals surface area contributed by atoms with E-state index in [1.165, 1.54) is 0 Å². The van der Waals surface area contributed by atoms with Gasteiger partial charge in [0.15, 0.2) is 0 Å². The Morgan fingerprint density at radius 2 is 2.10 bits per heavy atom. The molecule has 2 aromatic carbocycles.